The Morgan fingerprint density at radius 2 is 1.92 bits per heavy atom. The average Bonchev–Trinajstić information content (AvgIpc) is 2.41. The van der Waals surface area contributed by atoms with Gasteiger partial charge in [0.25, 0.3) is 0 Å². The van der Waals surface area contributed by atoms with Crippen molar-refractivity contribution in [3.63, 3.8) is 0 Å². The molecule has 0 spiro atoms. The van der Waals surface area contributed by atoms with Crippen LogP contribution in [0.3, 0.4) is 0 Å². The van der Waals surface area contributed by atoms with Crippen molar-refractivity contribution < 1.29 is 27.4 Å². The van der Waals surface area contributed by atoms with Crippen LogP contribution in [0.15, 0.2) is 24.3 Å². The van der Waals surface area contributed by atoms with Crippen LogP contribution < -0.4 is 10.1 Å². The van der Waals surface area contributed by atoms with Gasteiger partial charge in [-0.15, -0.1) is 13.2 Å². The van der Waals surface area contributed by atoms with E-state index in [2.05, 4.69) is 10.1 Å². The van der Waals surface area contributed by atoms with Crippen molar-refractivity contribution >= 4 is 6.09 Å². The van der Waals surface area contributed by atoms with E-state index >= 15 is 0 Å². The third-order valence-electron chi connectivity index (χ3n) is 3.24. The number of hydrogen-bond acceptors (Lipinski definition) is 3. The molecule has 1 amide bonds. The van der Waals surface area contributed by atoms with Crippen molar-refractivity contribution in [2.45, 2.75) is 71.4 Å². The molecule has 1 aromatic carbocycles. The van der Waals surface area contributed by atoms with Crippen LogP contribution in [0.5, 0.6) is 5.75 Å². The largest absolute Gasteiger partial charge is 0.573 e. The first-order chi connectivity index (χ1) is 11.5. The van der Waals surface area contributed by atoms with Crippen molar-refractivity contribution in [3.05, 3.63) is 29.8 Å². The quantitative estimate of drug-likeness (QED) is 0.725. The average molecular weight is 361 g/mol. The lowest BCUT2D eigenvalue weighted by atomic mass is 10.0. The van der Waals surface area contributed by atoms with Crippen LogP contribution >= 0.6 is 0 Å². The van der Waals surface area contributed by atoms with E-state index in [1.54, 1.807) is 26.8 Å². The summed E-state index contributed by atoms with van der Waals surface area (Å²) in [7, 11) is 0. The summed E-state index contributed by atoms with van der Waals surface area (Å²) in [6, 6.07) is 5.57. The Hall–Kier alpha value is -1.92. The standard InChI is InChI=1S/C18H26F3NO3/c1-5-6-9-14(22-16(23)25-17(2,3)4)11-13-8-7-10-15(12-13)24-18(19,20)21/h7-8,10,12,14H,5-6,9,11H2,1-4H3,(H,22,23)/t14-/m0/s1. The fourth-order valence-corrected chi connectivity index (χ4v) is 2.30. The second kappa shape index (κ2) is 8.97. The van der Waals surface area contributed by atoms with Crippen LogP contribution in [0.1, 0.15) is 52.5 Å². The van der Waals surface area contributed by atoms with E-state index < -0.39 is 18.1 Å². The number of amides is 1. The zero-order chi connectivity index (χ0) is 19.1. The maximum atomic E-state index is 12.3. The number of halogens is 3. The summed E-state index contributed by atoms with van der Waals surface area (Å²) in [5.41, 5.74) is 0.0405. The van der Waals surface area contributed by atoms with Gasteiger partial charge in [0.05, 0.1) is 0 Å². The number of alkyl carbamates (subject to hydrolysis) is 1. The van der Waals surface area contributed by atoms with E-state index in [4.69, 9.17) is 4.74 Å². The zero-order valence-electron chi connectivity index (χ0n) is 15.1. The smallest absolute Gasteiger partial charge is 0.444 e. The van der Waals surface area contributed by atoms with Gasteiger partial charge in [-0.1, -0.05) is 31.9 Å². The van der Waals surface area contributed by atoms with E-state index in [-0.39, 0.29) is 11.8 Å². The van der Waals surface area contributed by atoms with Crippen LogP contribution in [-0.2, 0) is 11.2 Å². The molecule has 1 N–H and O–H groups in total. The highest BCUT2D eigenvalue weighted by Crippen LogP contribution is 2.24. The van der Waals surface area contributed by atoms with E-state index in [9.17, 15) is 18.0 Å². The molecule has 0 saturated carbocycles. The first-order valence-corrected chi connectivity index (χ1v) is 8.32. The minimum atomic E-state index is -4.73. The minimum absolute atomic E-state index is 0.226. The number of ether oxygens (including phenoxy) is 2. The molecule has 0 fully saturated rings. The minimum Gasteiger partial charge on any atom is -0.444 e. The van der Waals surface area contributed by atoms with Gasteiger partial charge in [-0.3, -0.25) is 0 Å². The van der Waals surface area contributed by atoms with Gasteiger partial charge in [0.2, 0.25) is 0 Å². The molecule has 0 saturated heterocycles. The Morgan fingerprint density at radius 1 is 1.24 bits per heavy atom. The predicted octanol–water partition coefficient (Wildman–Crippen LogP) is 5.21. The van der Waals surface area contributed by atoms with E-state index in [0.717, 1.165) is 12.8 Å². The second-order valence-electron chi connectivity index (χ2n) is 6.88. The molecule has 0 bridgehead atoms. The molecule has 0 aliphatic rings. The SMILES string of the molecule is CCCC[C@@H](Cc1cccc(OC(F)(F)F)c1)NC(=O)OC(C)(C)C. The Morgan fingerprint density at radius 3 is 2.48 bits per heavy atom. The number of alkyl halides is 3. The number of nitrogens with one attached hydrogen (secondary N) is 1. The highest BCUT2D eigenvalue weighted by Gasteiger charge is 2.31. The fourth-order valence-electron chi connectivity index (χ4n) is 2.30. The normalized spacial score (nSPS) is 13.2. The Bertz CT molecular complexity index is 553. The lowest BCUT2D eigenvalue weighted by Crippen LogP contribution is -2.40. The van der Waals surface area contributed by atoms with E-state index in [1.165, 1.54) is 18.2 Å². The highest BCUT2D eigenvalue weighted by molar-refractivity contribution is 5.68. The van der Waals surface area contributed by atoms with E-state index in [0.29, 0.717) is 18.4 Å². The number of hydrogen-bond donors (Lipinski definition) is 1. The number of benzene rings is 1. The Labute approximate surface area is 146 Å². The molecule has 1 atom stereocenters. The van der Waals surface area contributed by atoms with Crippen molar-refractivity contribution in [1.82, 2.24) is 5.32 Å². The summed E-state index contributed by atoms with van der Waals surface area (Å²) < 4.78 is 46.2. The van der Waals surface area contributed by atoms with Crippen molar-refractivity contribution in [1.29, 1.82) is 0 Å². The Balaban J connectivity index is 2.77. The summed E-state index contributed by atoms with van der Waals surface area (Å²) in [5, 5.41) is 2.80. The van der Waals surface area contributed by atoms with Crippen LogP contribution in [0, 0.1) is 0 Å². The number of rotatable bonds is 7. The van der Waals surface area contributed by atoms with Gasteiger partial charge in [0, 0.05) is 6.04 Å². The monoisotopic (exact) mass is 361 g/mol. The van der Waals surface area contributed by atoms with Gasteiger partial charge in [-0.05, 0) is 51.3 Å². The molecule has 25 heavy (non-hydrogen) atoms. The van der Waals surface area contributed by atoms with Gasteiger partial charge in [0.15, 0.2) is 0 Å². The summed E-state index contributed by atoms with van der Waals surface area (Å²) in [4.78, 5) is 12.0. The van der Waals surface area contributed by atoms with Gasteiger partial charge < -0.3 is 14.8 Å². The molecule has 0 radical (unpaired) electrons. The van der Waals surface area contributed by atoms with Crippen LogP contribution in [-0.4, -0.2) is 24.1 Å². The van der Waals surface area contributed by atoms with Crippen molar-refractivity contribution in [2.24, 2.45) is 0 Å². The van der Waals surface area contributed by atoms with Crippen LogP contribution in [0.25, 0.3) is 0 Å². The molecule has 0 aromatic heterocycles. The fraction of sp³-hybridized carbons (Fsp3) is 0.611. The van der Waals surface area contributed by atoms with Crippen molar-refractivity contribution in [2.75, 3.05) is 0 Å². The summed E-state index contributed by atoms with van der Waals surface area (Å²) in [6.45, 7) is 7.34. The predicted molar refractivity (Wildman–Crippen MR) is 89.5 cm³/mol. The molecule has 1 rings (SSSR count). The Kier molecular flexibility index (Phi) is 7.58. The molecule has 1 aromatic rings. The van der Waals surface area contributed by atoms with Crippen LogP contribution in [0.2, 0.25) is 0 Å². The topological polar surface area (TPSA) is 47.6 Å². The third kappa shape index (κ3) is 9.84. The maximum absolute atomic E-state index is 12.3. The van der Waals surface area contributed by atoms with Gasteiger partial charge >= 0.3 is 12.5 Å². The molecular weight excluding hydrogens is 335 g/mol. The number of carbonyl (C=O) groups is 1. The number of unbranched alkanes of at least 4 members (excludes halogenated alkanes) is 1. The van der Waals surface area contributed by atoms with E-state index in [1.807, 2.05) is 6.92 Å². The summed E-state index contributed by atoms with van der Waals surface area (Å²) in [6.07, 6.45) is -2.32. The number of carbonyl (C=O) groups excluding carboxylic acids is 1. The lowest BCUT2D eigenvalue weighted by molar-refractivity contribution is -0.274. The maximum Gasteiger partial charge on any atom is 0.573 e. The first kappa shape index (κ1) is 21.1. The van der Waals surface area contributed by atoms with Gasteiger partial charge in [-0.25, -0.2) is 4.79 Å². The third-order valence-corrected chi connectivity index (χ3v) is 3.24. The molecule has 7 heteroatoms. The van der Waals surface area contributed by atoms with Crippen LogP contribution in [0.4, 0.5) is 18.0 Å². The van der Waals surface area contributed by atoms with Gasteiger partial charge in [-0.2, -0.15) is 0 Å². The molecular formula is C18H26F3NO3. The molecule has 0 aliphatic carbocycles. The molecule has 142 valence electrons. The molecule has 0 aliphatic heterocycles. The zero-order valence-corrected chi connectivity index (χ0v) is 15.1. The van der Waals surface area contributed by atoms with Gasteiger partial charge in [0.1, 0.15) is 11.4 Å². The summed E-state index contributed by atoms with van der Waals surface area (Å²) >= 11 is 0. The highest BCUT2D eigenvalue weighted by atomic mass is 19.4. The molecule has 4 nitrogen and oxygen atoms in total. The lowest BCUT2D eigenvalue weighted by Gasteiger charge is -2.24. The van der Waals surface area contributed by atoms with Crippen molar-refractivity contribution in [3.8, 4) is 5.75 Å². The molecule has 0 unspecified atom stereocenters. The summed E-state index contributed by atoms with van der Waals surface area (Å²) in [5.74, 6) is -0.267. The first-order valence-electron chi connectivity index (χ1n) is 8.32. The second-order valence-corrected chi connectivity index (χ2v) is 6.88. The molecule has 0 heterocycles.